The number of fused-ring (bicyclic) bond motifs is 1. The zero-order chi connectivity index (χ0) is 26.3. The molecule has 0 radical (unpaired) electrons. The molecule has 38 heavy (non-hydrogen) atoms. The number of urea groups is 1. The molecule has 0 aromatic heterocycles. The van der Waals surface area contributed by atoms with E-state index in [0.29, 0.717) is 6.54 Å². The Hall–Kier alpha value is -3.79. The lowest BCUT2D eigenvalue weighted by molar-refractivity contribution is -0.0500. The van der Waals surface area contributed by atoms with Gasteiger partial charge in [0.15, 0.2) is 0 Å². The minimum Gasteiger partial charge on any atom is -0.497 e. The zero-order valence-electron chi connectivity index (χ0n) is 21.8. The average molecular weight is 510 g/mol. The first-order valence-electron chi connectivity index (χ1n) is 13.4. The Bertz CT molecular complexity index is 1270. The predicted octanol–water partition coefficient (Wildman–Crippen LogP) is 4.94. The maximum absolute atomic E-state index is 13.3. The van der Waals surface area contributed by atoms with E-state index >= 15 is 0 Å². The Morgan fingerprint density at radius 2 is 1.61 bits per heavy atom. The molecule has 0 saturated carbocycles. The summed E-state index contributed by atoms with van der Waals surface area (Å²) in [5.74, 6) is 7.37. The summed E-state index contributed by atoms with van der Waals surface area (Å²) in [7, 11) is 1.63. The van der Waals surface area contributed by atoms with Crippen LogP contribution >= 0.6 is 0 Å². The maximum Gasteiger partial charge on any atom is 0.321 e. The van der Waals surface area contributed by atoms with Crippen LogP contribution in [0.2, 0.25) is 0 Å². The zero-order valence-corrected chi connectivity index (χ0v) is 21.8. The highest BCUT2D eigenvalue weighted by Gasteiger charge is 2.49. The lowest BCUT2D eigenvalue weighted by Gasteiger charge is -2.56. The Balaban J connectivity index is 1.32. The summed E-state index contributed by atoms with van der Waals surface area (Å²) in [4.78, 5) is 17.6. The molecule has 0 bridgehead atoms. The molecule has 0 spiro atoms. The number of nitrogens with one attached hydrogen (secondary N) is 1. The number of anilines is 1. The quantitative estimate of drug-likeness (QED) is 0.489. The van der Waals surface area contributed by atoms with Gasteiger partial charge in [0, 0.05) is 47.9 Å². The number of ether oxygens (including phenoxy) is 1. The number of rotatable bonds is 4. The molecule has 6 heteroatoms. The molecule has 6 nitrogen and oxygen atoms in total. The van der Waals surface area contributed by atoms with Gasteiger partial charge in [-0.15, -0.1) is 0 Å². The van der Waals surface area contributed by atoms with Crippen LogP contribution < -0.4 is 10.1 Å². The van der Waals surface area contributed by atoms with E-state index < -0.39 is 0 Å². The van der Waals surface area contributed by atoms with Crippen LogP contribution in [0.3, 0.4) is 0 Å². The van der Waals surface area contributed by atoms with E-state index in [-0.39, 0.29) is 30.6 Å². The number of benzene rings is 3. The molecule has 2 saturated heterocycles. The SMILES string of the molecule is COc1ccc(NC(=O)N2CCCCCN3[C@H](CO)[C@H](c4ccc(C#Cc5ccccc5)cc4)[C@@H]3C2)cc1. The first-order chi connectivity index (χ1) is 18.7. The molecule has 2 heterocycles. The lowest BCUT2D eigenvalue weighted by atomic mass is 9.74. The van der Waals surface area contributed by atoms with Crippen molar-refractivity contribution < 1.29 is 14.6 Å². The van der Waals surface area contributed by atoms with Crippen molar-refractivity contribution in [3.8, 4) is 17.6 Å². The number of hydrogen-bond acceptors (Lipinski definition) is 4. The number of carbonyl (C=O) groups is 1. The number of nitrogens with zero attached hydrogens (tertiary/aromatic N) is 2. The molecular formula is C32H35N3O3. The molecule has 3 aromatic rings. The van der Waals surface area contributed by atoms with Crippen LogP contribution in [-0.4, -0.2) is 66.4 Å². The van der Waals surface area contributed by atoms with Crippen LogP contribution in [0.4, 0.5) is 10.5 Å². The van der Waals surface area contributed by atoms with Crippen molar-refractivity contribution in [2.75, 3.05) is 38.7 Å². The minimum atomic E-state index is -0.0882. The topological polar surface area (TPSA) is 65.0 Å². The molecule has 0 unspecified atom stereocenters. The molecule has 2 amide bonds. The van der Waals surface area contributed by atoms with Gasteiger partial charge in [-0.05, 0) is 73.5 Å². The predicted molar refractivity (Wildman–Crippen MR) is 150 cm³/mol. The van der Waals surface area contributed by atoms with Crippen LogP contribution in [0.15, 0.2) is 78.9 Å². The van der Waals surface area contributed by atoms with E-state index in [4.69, 9.17) is 4.74 Å². The summed E-state index contributed by atoms with van der Waals surface area (Å²) >= 11 is 0. The van der Waals surface area contributed by atoms with Gasteiger partial charge >= 0.3 is 6.03 Å². The summed E-state index contributed by atoms with van der Waals surface area (Å²) in [6.45, 7) is 2.39. The second-order valence-electron chi connectivity index (χ2n) is 9.98. The van der Waals surface area contributed by atoms with Gasteiger partial charge in [0.2, 0.25) is 0 Å². The largest absolute Gasteiger partial charge is 0.497 e. The number of hydrogen-bond donors (Lipinski definition) is 2. The molecule has 0 aliphatic carbocycles. The highest BCUT2D eigenvalue weighted by molar-refractivity contribution is 5.89. The molecule has 2 aliphatic heterocycles. The number of amides is 2. The van der Waals surface area contributed by atoms with Gasteiger partial charge in [0.1, 0.15) is 5.75 Å². The molecule has 2 N–H and O–H groups in total. The van der Waals surface area contributed by atoms with Gasteiger partial charge in [0.25, 0.3) is 0 Å². The molecule has 2 fully saturated rings. The van der Waals surface area contributed by atoms with Crippen LogP contribution in [0, 0.1) is 11.8 Å². The van der Waals surface area contributed by atoms with Crippen molar-refractivity contribution in [1.29, 1.82) is 0 Å². The Kier molecular flexibility index (Phi) is 8.28. The van der Waals surface area contributed by atoms with Gasteiger partial charge in [0.05, 0.1) is 13.7 Å². The summed E-state index contributed by atoms with van der Waals surface area (Å²) in [5, 5.41) is 13.4. The monoisotopic (exact) mass is 509 g/mol. The molecule has 5 rings (SSSR count). The lowest BCUT2D eigenvalue weighted by Crippen LogP contribution is -2.67. The van der Waals surface area contributed by atoms with Gasteiger partial charge in [-0.1, -0.05) is 48.6 Å². The summed E-state index contributed by atoms with van der Waals surface area (Å²) < 4.78 is 5.23. The summed E-state index contributed by atoms with van der Waals surface area (Å²) in [5.41, 5.74) is 3.89. The Morgan fingerprint density at radius 1 is 0.921 bits per heavy atom. The first-order valence-corrected chi connectivity index (χ1v) is 13.4. The molecular weight excluding hydrogens is 474 g/mol. The molecule has 3 atom stereocenters. The number of carbonyl (C=O) groups excluding carboxylic acids is 1. The second-order valence-corrected chi connectivity index (χ2v) is 9.98. The smallest absolute Gasteiger partial charge is 0.321 e. The normalized spacial score (nSPS) is 21.4. The summed E-state index contributed by atoms with van der Waals surface area (Å²) in [6.07, 6.45) is 3.11. The van der Waals surface area contributed by atoms with E-state index in [9.17, 15) is 9.90 Å². The highest BCUT2D eigenvalue weighted by Crippen LogP contribution is 2.41. The Labute approximate surface area is 225 Å². The maximum atomic E-state index is 13.3. The van der Waals surface area contributed by atoms with E-state index in [1.54, 1.807) is 7.11 Å². The van der Waals surface area contributed by atoms with Gasteiger partial charge < -0.3 is 20.1 Å². The van der Waals surface area contributed by atoms with Crippen LogP contribution in [0.5, 0.6) is 5.75 Å². The minimum absolute atomic E-state index is 0.0610. The fourth-order valence-corrected chi connectivity index (χ4v) is 5.63. The van der Waals surface area contributed by atoms with Gasteiger partial charge in [-0.25, -0.2) is 4.79 Å². The van der Waals surface area contributed by atoms with Gasteiger partial charge in [-0.2, -0.15) is 0 Å². The molecule has 3 aromatic carbocycles. The van der Waals surface area contributed by atoms with E-state index in [2.05, 4.69) is 46.3 Å². The van der Waals surface area contributed by atoms with Crippen molar-refractivity contribution >= 4 is 11.7 Å². The third-order valence-electron chi connectivity index (χ3n) is 7.67. The van der Waals surface area contributed by atoms with E-state index in [1.165, 1.54) is 5.56 Å². The number of aliphatic hydroxyl groups is 1. The third-order valence-corrected chi connectivity index (χ3v) is 7.67. The third kappa shape index (κ3) is 5.85. The highest BCUT2D eigenvalue weighted by atomic mass is 16.5. The van der Waals surface area contributed by atoms with E-state index in [0.717, 1.165) is 54.9 Å². The molecule has 196 valence electrons. The van der Waals surface area contributed by atoms with E-state index in [1.807, 2.05) is 59.5 Å². The standard InChI is InChI=1S/C32H35N3O3/c1-38-28-18-16-27(17-19-28)33-32(37)34-20-6-3-7-21-35-29(22-34)31(30(35)23-36)26-14-12-25(13-15-26)11-10-24-8-4-2-5-9-24/h2,4-5,8-9,12-19,29-31,36H,3,6-7,20-23H2,1H3,(H,33,37)/t29-,30+,31+/m0/s1. The van der Waals surface area contributed by atoms with Crippen molar-refractivity contribution in [2.24, 2.45) is 0 Å². The fraction of sp³-hybridized carbons (Fsp3) is 0.344. The van der Waals surface area contributed by atoms with Crippen LogP contribution in [0.25, 0.3) is 0 Å². The summed E-state index contributed by atoms with van der Waals surface area (Å²) in [6, 6.07) is 25.9. The van der Waals surface area contributed by atoms with Crippen LogP contribution in [-0.2, 0) is 0 Å². The Morgan fingerprint density at radius 3 is 2.29 bits per heavy atom. The average Bonchev–Trinajstić information content (AvgIpc) is 3.04. The van der Waals surface area contributed by atoms with Crippen molar-refractivity contribution in [1.82, 2.24) is 9.80 Å². The van der Waals surface area contributed by atoms with Gasteiger partial charge in [-0.3, -0.25) is 4.90 Å². The number of methoxy groups -OCH3 is 1. The number of aliphatic hydroxyl groups excluding tert-OH is 1. The van der Waals surface area contributed by atoms with Crippen molar-refractivity contribution in [3.05, 3.63) is 95.6 Å². The first kappa shape index (κ1) is 25.8. The second kappa shape index (κ2) is 12.2. The molecule has 2 aliphatic rings. The van der Waals surface area contributed by atoms with Crippen LogP contribution in [0.1, 0.15) is 41.9 Å². The van der Waals surface area contributed by atoms with Crippen molar-refractivity contribution in [3.63, 3.8) is 0 Å². The fourth-order valence-electron chi connectivity index (χ4n) is 5.63. The van der Waals surface area contributed by atoms with Crippen molar-refractivity contribution in [2.45, 2.75) is 37.3 Å².